The van der Waals surface area contributed by atoms with Crippen LogP contribution < -0.4 is 0 Å². The number of hydrogen-bond donors (Lipinski definition) is 1. The second kappa shape index (κ2) is 8.88. The van der Waals surface area contributed by atoms with Crippen molar-refractivity contribution in [2.45, 2.75) is 64.8 Å². The van der Waals surface area contributed by atoms with Gasteiger partial charge in [-0.15, -0.1) is 0 Å². The van der Waals surface area contributed by atoms with Crippen molar-refractivity contribution < 1.29 is 9.53 Å². The SMILES string of the molecule is C[C@@H]1CN(C(=O)OC(C)(C)C)[C@@H](C)CN1C(Cc1ccc(C#N)cc1)c1cnc[nH]1. The van der Waals surface area contributed by atoms with Gasteiger partial charge >= 0.3 is 6.09 Å². The van der Waals surface area contributed by atoms with Gasteiger partial charge in [0.1, 0.15) is 5.60 Å². The molecule has 0 radical (unpaired) electrons. The number of carbonyl (C=O) groups is 1. The Hall–Kier alpha value is -2.85. The molecular formula is C23H31N5O2. The smallest absolute Gasteiger partial charge is 0.410 e. The van der Waals surface area contributed by atoms with E-state index in [9.17, 15) is 4.79 Å². The molecule has 2 heterocycles. The Morgan fingerprint density at radius 2 is 1.97 bits per heavy atom. The van der Waals surface area contributed by atoms with E-state index in [1.54, 1.807) is 6.33 Å². The number of H-pyrrole nitrogens is 1. The normalized spacial score (nSPS) is 21.1. The first-order valence-corrected chi connectivity index (χ1v) is 10.4. The number of carbonyl (C=O) groups excluding carboxylic acids is 1. The number of aromatic nitrogens is 2. The highest BCUT2D eigenvalue weighted by molar-refractivity contribution is 5.68. The average Bonchev–Trinajstić information content (AvgIpc) is 3.21. The summed E-state index contributed by atoms with van der Waals surface area (Å²) in [5.41, 5.74) is 2.35. The number of hydrogen-bond acceptors (Lipinski definition) is 5. The number of rotatable bonds is 4. The maximum atomic E-state index is 12.7. The van der Waals surface area contributed by atoms with Gasteiger partial charge in [0, 0.05) is 31.4 Å². The molecule has 1 fully saturated rings. The van der Waals surface area contributed by atoms with Crippen LogP contribution in [0.5, 0.6) is 0 Å². The molecule has 1 saturated heterocycles. The summed E-state index contributed by atoms with van der Waals surface area (Å²) in [4.78, 5) is 24.4. The van der Waals surface area contributed by atoms with E-state index in [2.05, 4.69) is 34.8 Å². The highest BCUT2D eigenvalue weighted by atomic mass is 16.6. The molecule has 1 aliphatic rings. The second-order valence-electron chi connectivity index (χ2n) is 9.06. The zero-order chi connectivity index (χ0) is 21.9. The third-order valence-corrected chi connectivity index (χ3v) is 5.45. The number of aromatic amines is 1. The van der Waals surface area contributed by atoms with Crippen LogP contribution in [-0.2, 0) is 11.2 Å². The Bertz CT molecular complexity index is 880. The Kier molecular flexibility index (Phi) is 6.47. The van der Waals surface area contributed by atoms with Gasteiger partial charge < -0.3 is 14.6 Å². The van der Waals surface area contributed by atoms with E-state index in [0.717, 1.165) is 24.2 Å². The van der Waals surface area contributed by atoms with Gasteiger partial charge in [0.15, 0.2) is 0 Å². The van der Waals surface area contributed by atoms with E-state index in [1.807, 2.05) is 56.1 Å². The quantitative estimate of drug-likeness (QED) is 0.828. The number of piperazine rings is 1. The molecular weight excluding hydrogens is 378 g/mol. The molecule has 1 aliphatic heterocycles. The van der Waals surface area contributed by atoms with E-state index in [0.29, 0.717) is 12.1 Å². The van der Waals surface area contributed by atoms with Gasteiger partial charge in [0.25, 0.3) is 0 Å². The molecule has 1 aromatic carbocycles. The van der Waals surface area contributed by atoms with Gasteiger partial charge in [0.05, 0.1) is 29.7 Å². The predicted octanol–water partition coefficient (Wildman–Crippen LogP) is 3.89. The topological polar surface area (TPSA) is 85.2 Å². The van der Waals surface area contributed by atoms with Crippen molar-refractivity contribution in [3.63, 3.8) is 0 Å². The largest absolute Gasteiger partial charge is 0.444 e. The van der Waals surface area contributed by atoms with Gasteiger partial charge in [-0.2, -0.15) is 5.26 Å². The zero-order valence-corrected chi connectivity index (χ0v) is 18.4. The molecule has 0 saturated carbocycles. The first-order valence-electron chi connectivity index (χ1n) is 10.4. The highest BCUT2D eigenvalue weighted by Gasteiger charge is 2.38. The molecule has 0 bridgehead atoms. The third-order valence-electron chi connectivity index (χ3n) is 5.45. The fourth-order valence-corrected chi connectivity index (χ4v) is 3.96. The number of nitrogens with zero attached hydrogens (tertiary/aromatic N) is 4. The third kappa shape index (κ3) is 5.19. The minimum atomic E-state index is -0.509. The van der Waals surface area contributed by atoms with Crippen molar-refractivity contribution >= 4 is 6.09 Å². The lowest BCUT2D eigenvalue weighted by Crippen LogP contribution is -2.59. The zero-order valence-electron chi connectivity index (χ0n) is 18.4. The van der Waals surface area contributed by atoms with E-state index in [-0.39, 0.29) is 24.2 Å². The summed E-state index contributed by atoms with van der Waals surface area (Å²) < 4.78 is 5.61. The molecule has 0 spiro atoms. The standard InChI is InChI=1S/C23H31N5O2/c1-16-14-28(22(29)30-23(3,4)5)17(2)13-27(16)21(20-12-25-15-26-20)10-18-6-8-19(11-24)9-7-18/h6-9,12,15-17,21H,10,13-14H2,1-5H3,(H,25,26)/t16-,17+,21?/m1/s1. The molecule has 1 unspecified atom stereocenters. The Labute approximate surface area is 178 Å². The number of benzene rings is 1. The van der Waals surface area contributed by atoms with Crippen LogP contribution in [0, 0.1) is 11.3 Å². The maximum Gasteiger partial charge on any atom is 0.410 e. The average molecular weight is 410 g/mol. The Morgan fingerprint density at radius 1 is 1.27 bits per heavy atom. The fraction of sp³-hybridized carbons (Fsp3) is 0.522. The number of nitriles is 1. The summed E-state index contributed by atoms with van der Waals surface area (Å²) in [7, 11) is 0. The first-order chi connectivity index (χ1) is 14.2. The summed E-state index contributed by atoms with van der Waals surface area (Å²) in [5.74, 6) is 0. The van der Waals surface area contributed by atoms with Crippen LogP contribution in [0.15, 0.2) is 36.8 Å². The van der Waals surface area contributed by atoms with Crippen LogP contribution in [0.1, 0.15) is 57.5 Å². The minimum absolute atomic E-state index is 0.0300. The van der Waals surface area contributed by atoms with Crippen LogP contribution in [0.25, 0.3) is 0 Å². The van der Waals surface area contributed by atoms with Crippen molar-refractivity contribution in [2.24, 2.45) is 0 Å². The van der Waals surface area contributed by atoms with Gasteiger partial charge in [-0.25, -0.2) is 9.78 Å². The van der Waals surface area contributed by atoms with E-state index in [1.165, 1.54) is 0 Å². The van der Waals surface area contributed by atoms with E-state index < -0.39 is 5.60 Å². The second-order valence-corrected chi connectivity index (χ2v) is 9.06. The fourth-order valence-electron chi connectivity index (χ4n) is 3.96. The molecule has 2 aromatic rings. The summed E-state index contributed by atoms with van der Waals surface area (Å²) >= 11 is 0. The molecule has 0 aliphatic carbocycles. The molecule has 1 aromatic heterocycles. The number of ether oxygens (including phenoxy) is 1. The number of amides is 1. The highest BCUT2D eigenvalue weighted by Crippen LogP contribution is 2.30. The van der Waals surface area contributed by atoms with Crippen molar-refractivity contribution in [1.82, 2.24) is 19.8 Å². The molecule has 1 N–H and O–H groups in total. The number of nitrogens with one attached hydrogen (secondary N) is 1. The Balaban J connectivity index is 1.79. The van der Waals surface area contributed by atoms with Gasteiger partial charge in [0.2, 0.25) is 0 Å². The predicted molar refractivity (Wildman–Crippen MR) is 115 cm³/mol. The summed E-state index contributed by atoms with van der Waals surface area (Å²) in [5, 5.41) is 9.05. The van der Waals surface area contributed by atoms with Gasteiger partial charge in [-0.1, -0.05) is 12.1 Å². The van der Waals surface area contributed by atoms with Crippen LogP contribution in [0.4, 0.5) is 4.79 Å². The van der Waals surface area contributed by atoms with Crippen molar-refractivity contribution in [1.29, 1.82) is 5.26 Å². The number of imidazole rings is 1. The molecule has 160 valence electrons. The van der Waals surface area contributed by atoms with Crippen LogP contribution in [-0.4, -0.2) is 56.6 Å². The van der Waals surface area contributed by atoms with Crippen molar-refractivity contribution in [3.05, 3.63) is 53.6 Å². The maximum absolute atomic E-state index is 12.7. The van der Waals surface area contributed by atoms with Gasteiger partial charge in [-0.3, -0.25) is 4.90 Å². The molecule has 1 amide bonds. The first kappa shape index (κ1) is 21.8. The summed E-state index contributed by atoms with van der Waals surface area (Å²) in [6, 6.07) is 10.2. The monoisotopic (exact) mass is 409 g/mol. The van der Waals surface area contributed by atoms with E-state index in [4.69, 9.17) is 10.00 Å². The minimum Gasteiger partial charge on any atom is -0.444 e. The van der Waals surface area contributed by atoms with Crippen molar-refractivity contribution in [3.8, 4) is 6.07 Å². The molecule has 7 heteroatoms. The lowest BCUT2D eigenvalue weighted by atomic mass is 9.97. The Morgan fingerprint density at radius 3 is 2.53 bits per heavy atom. The van der Waals surface area contributed by atoms with Crippen LogP contribution >= 0.6 is 0 Å². The van der Waals surface area contributed by atoms with Gasteiger partial charge in [-0.05, 0) is 58.7 Å². The molecule has 3 rings (SSSR count). The summed E-state index contributed by atoms with van der Waals surface area (Å²) in [6.45, 7) is 11.2. The van der Waals surface area contributed by atoms with Crippen LogP contribution in [0.3, 0.4) is 0 Å². The lowest BCUT2D eigenvalue weighted by molar-refractivity contribution is -0.0207. The lowest BCUT2D eigenvalue weighted by Gasteiger charge is -2.47. The van der Waals surface area contributed by atoms with Crippen molar-refractivity contribution in [2.75, 3.05) is 13.1 Å². The van der Waals surface area contributed by atoms with Crippen LogP contribution in [0.2, 0.25) is 0 Å². The molecule has 3 atom stereocenters. The molecule has 30 heavy (non-hydrogen) atoms. The molecule has 7 nitrogen and oxygen atoms in total. The summed E-state index contributed by atoms with van der Waals surface area (Å²) in [6.07, 6.45) is 4.10. The van der Waals surface area contributed by atoms with E-state index >= 15 is 0 Å².